The van der Waals surface area contributed by atoms with Gasteiger partial charge in [0.25, 0.3) is 0 Å². The van der Waals surface area contributed by atoms with Crippen molar-refractivity contribution in [3.63, 3.8) is 0 Å². The molecule has 1 saturated heterocycles. The number of likely N-dealkylation sites (tertiary alicyclic amines) is 1. The maximum atomic E-state index is 12.8. The molecule has 0 spiro atoms. The Morgan fingerprint density at radius 2 is 1.65 bits per heavy atom. The summed E-state index contributed by atoms with van der Waals surface area (Å²) in [6.07, 6.45) is 11.5. The second-order valence-electron chi connectivity index (χ2n) is 15.2. The third-order valence-electron chi connectivity index (χ3n) is 13.8. The van der Waals surface area contributed by atoms with Gasteiger partial charge >= 0.3 is 6.09 Å². The smallest absolute Gasteiger partial charge is 0.409 e. The van der Waals surface area contributed by atoms with Gasteiger partial charge < -0.3 is 25.0 Å². The molecule has 1 aliphatic heterocycles. The minimum absolute atomic E-state index is 0.0327. The summed E-state index contributed by atoms with van der Waals surface area (Å²) in [5.74, 6) is 2.78. The van der Waals surface area contributed by atoms with E-state index in [2.05, 4.69) is 36.9 Å². The molecular formula is C33H58NO5P. The Kier molecular flexibility index (Phi) is 9.25. The average molecular weight is 580 g/mol. The first-order valence-corrected chi connectivity index (χ1v) is 17.3. The van der Waals surface area contributed by atoms with Gasteiger partial charge in [0.05, 0.1) is 18.8 Å². The molecule has 1 unspecified atom stereocenters. The van der Waals surface area contributed by atoms with Crippen molar-refractivity contribution in [3.05, 3.63) is 0 Å². The van der Waals surface area contributed by atoms with E-state index in [9.17, 15) is 20.1 Å². The van der Waals surface area contributed by atoms with E-state index in [1.807, 2.05) is 4.90 Å². The molecule has 5 rings (SSSR count). The van der Waals surface area contributed by atoms with E-state index < -0.39 is 0 Å². The van der Waals surface area contributed by atoms with Gasteiger partial charge in [-0.25, -0.2) is 4.79 Å². The van der Waals surface area contributed by atoms with Crippen LogP contribution in [0.15, 0.2) is 0 Å². The molecule has 230 valence electrons. The molecule has 5 fully saturated rings. The van der Waals surface area contributed by atoms with Crippen molar-refractivity contribution in [3.8, 4) is 0 Å². The van der Waals surface area contributed by atoms with Crippen LogP contribution in [-0.4, -0.2) is 70.5 Å². The highest BCUT2D eigenvalue weighted by Gasteiger charge is 2.64. The average Bonchev–Trinajstić information content (AvgIpc) is 3.31. The number of aliphatic hydroxyl groups is 3. The Bertz CT molecular complexity index is 888. The highest BCUT2D eigenvalue weighted by Crippen LogP contribution is 2.69. The molecule has 1 heterocycles. The van der Waals surface area contributed by atoms with Crippen LogP contribution in [0, 0.1) is 51.8 Å². The zero-order valence-electron chi connectivity index (χ0n) is 25.7. The molecule has 6 nitrogen and oxygen atoms in total. The lowest BCUT2D eigenvalue weighted by Crippen LogP contribution is -2.62. The van der Waals surface area contributed by atoms with Crippen molar-refractivity contribution in [2.24, 2.45) is 51.8 Å². The maximum Gasteiger partial charge on any atom is 0.409 e. The Morgan fingerprint density at radius 1 is 0.975 bits per heavy atom. The molecule has 0 aromatic carbocycles. The molecule has 40 heavy (non-hydrogen) atoms. The number of ether oxygens (including phenoxy) is 1. The van der Waals surface area contributed by atoms with Crippen molar-refractivity contribution in [2.45, 2.75) is 123 Å². The molecule has 0 bridgehead atoms. The number of fused-ring (bicyclic) bond motifs is 5. The number of hydrogen-bond donors (Lipinski definition) is 3. The topological polar surface area (TPSA) is 90.2 Å². The summed E-state index contributed by atoms with van der Waals surface area (Å²) in [6.45, 7) is 11.4. The minimum atomic E-state index is -0.257. The van der Waals surface area contributed by atoms with Crippen molar-refractivity contribution in [2.75, 3.05) is 26.3 Å². The van der Waals surface area contributed by atoms with Crippen molar-refractivity contribution in [1.29, 1.82) is 0 Å². The lowest BCUT2D eigenvalue weighted by atomic mass is 9.41. The number of carbonyl (C=O) groups excluding carboxylic acids is 1. The Balaban J connectivity index is 1.20. The molecule has 3 N–H and O–H groups in total. The van der Waals surface area contributed by atoms with E-state index in [4.69, 9.17) is 4.74 Å². The van der Waals surface area contributed by atoms with Gasteiger partial charge in [0.15, 0.2) is 0 Å². The predicted molar refractivity (Wildman–Crippen MR) is 162 cm³/mol. The molecule has 0 aromatic rings. The van der Waals surface area contributed by atoms with Crippen LogP contribution in [0.25, 0.3) is 0 Å². The fourth-order valence-electron chi connectivity index (χ4n) is 11.1. The lowest BCUT2D eigenvalue weighted by Gasteiger charge is -2.64. The van der Waals surface area contributed by atoms with E-state index in [0.29, 0.717) is 60.9 Å². The zero-order valence-corrected chi connectivity index (χ0v) is 26.8. The van der Waals surface area contributed by atoms with E-state index in [1.54, 1.807) is 0 Å². The van der Waals surface area contributed by atoms with Crippen LogP contribution in [0.3, 0.4) is 0 Å². The number of nitrogens with zero attached hydrogens (tertiary/aromatic N) is 1. The summed E-state index contributed by atoms with van der Waals surface area (Å²) in [5.41, 5.74) is 0.822. The summed E-state index contributed by atoms with van der Waals surface area (Å²) in [6, 6.07) is 0. The third-order valence-corrected chi connectivity index (χ3v) is 14.6. The number of carbonyl (C=O) groups is 1. The van der Waals surface area contributed by atoms with Crippen molar-refractivity contribution in [1.82, 2.24) is 4.90 Å². The van der Waals surface area contributed by atoms with E-state index in [0.717, 1.165) is 51.4 Å². The fraction of sp³-hybridized carbons (Fsp3) is 0.970. The van der Waals surface area contributed by atoms with Gasteiger partial charge in [-0.05, 0) is 128 Å². The monoisotopic (exact) mass is 579 g/mol. The summed E-state index contributed by atoms with van der Waals surface area (Å²) in [4.78, 5) is 14.6. The fourth-order valence-corrected chi connectivity index (χ4v) is 11.8. The van der Waals surface area contributed by atoms with Gasteiger partial charge in [-0.2, -0.15) is 0 Å². The number of aliphatic hydroxyl groups excluding tert-OH is 3. The van der Waals surface area contributed by atoms with Gasteiger partial charge in [-0.3, -0.25) is 0 Å². The van der Waals surface area contributed by atoms with Crippen LogP contribution in [0.1, 0.15) is 105 Å². The summed E-state index contributed by atoms with van der Waals surface area (Å²) in [7, 11) is 3.12. The first kappa shape index (κ1) is 31.0. The molecular weight excluding hydrogens is 521 g/mol. The highest BCUT2D eigenvalue weighted by atomic mass is 31.0. The third kappa shape index (κ3) is 5.17. The Morgan fingerprint density at radius 3 is 2.30 bits per heavy atom. The van der Waals surface area contributed by atoms with Crippen LogP contribution in [-0.2, 0) is 4.74 Å². The van der Waals surface area contributed by atoms with Gasteiger partial charge in [-0.1, -0.05) is 34.1 Å². The quantitative estimate of drug-likeness (QED) is 0.329. The standard InChI is InChI=1S/C33H58NO5P/c1-5-22-26-19-21(36)9-12-32(26,4)25-10-13-31(3)23(7-8-24(31)28(25)29(22)37)27(40)11-18-39-30(38)34-16-14-33(6-2,20-35)15-17-34/h21-29,35-37H,5-20,40H2,1-4H3/t21-,22-,23-,24+,25+,26+,27-,28+,29-,31-,32-/m1/s1. The zero-order chi connectivity index (χ0) is 28.9. The molecule has 0 radical (unpaired) electrons. The highest BCUT2D eigenvalue weighted by molar-refractivity contribution is 7.17. The molecule has 0 aromatic heterocycles. The Labute approximate surface area is 245 Å². The van der Waals surface area contributed by atoms with Gasteiger partial charge in [0.2, 0.25) is 0 Å². The molecule has 1 amide bonds. The Hall–Kier alpha value is -0.420. The molecule has 12 atom stereocenters. The summed E-state index contributed by atoms with van der Waals surface area (Å²) >= 11 is 0. The summed E-state index contributed by atoms with van der Waals surface area (Å²) in [5, 5.41) is 32.2. The minimum Gasteiger partial charge on any atom is -0.449 e. The summed E-state index contributed by atoms with van der Waals surface area (Å²) < 4.78 is 5.78. The normalized spacial score (nSPS) is 45.2. The predicted octanol–water partition coefficient (Wildman–Crippen LogP) is 5.87. The van der Waals surface area contributed by atoms with Gasteiger partial charge in [0, 0.05) is 19.7 Å². The second kappa shape index (κ2) is 11.9. The number of piperidine rings is 1. The van der Waals surface area contributed by atoms with Crippen LogP contribution >= 0.6 is 9.24 Å². The van der Waals surface area contributed by atoms with Crippen LogP contribution in [0.4, 0.5) is 4.79 Å². The first-order valence-electron chi connectivity index (χ1n) is 16.7. The number of hydrogen-bond acceptors (Lipinski definition) is 5. The molecule has 5 aliphatic rings. The van der Waals surface area contributed by atoms with Crippen LogP contribution < -0.4 is 0 Å². The maximum absolute atomic E-state index is 12.8. The van der Waals surface area contributed by atoms with E-state index in [-0.39, 0.29) is 41.2 Å². The first-order chi connectivity index (χ1) is 19.0. The number of amides is 1. The molecule has 7 heteroatoms. The number of rotatable bonds is 7. The molecule has 4 aliphatic carbocycles. The van der Waals surface area contributed by atoms with E-state index >= 15 is 0 Å². The van der Waals surface area contributed by atoms with Gasteiger partial charge in [0.1, 0.15) is 0 Å². The second-order valence-corrected chi connectivity index (χ2v) is 16.0. The SMILES string of the molecule is CC[C@H]1[C@@H](O)[C@@H]2[C@H](CC[C@]3(C)[C@@H]([C@H](P)CCOC(=O)N4CCC(CC)(CO)CC4)CC[C@@H]23)[C@@]2(C)CC[C@@H](O)C[C@@H]12. The van der Waals surface area contributed by atoms with E-state index in [1.165, 1.54) is 25.7 Å². The van der Waals surface area contributed by atoms with Crippen molar-refractivity contribution >= 4 is 15.3 Å². The lowest BCUT2D eigenvalue weighted by molar-refractivity contribution is -0.202. The van der Waals surface area contributed by atoms with Crippen molar-refractivity contribution < 1.29 is 24.9 Å². The van der Waals surface area contributed by atoms with Crippen LogP contribution in [0.5, 0.6) is 0 Å². The molecule has 4 saturated carbocycles. The van der Waals surface area contributed by atoms with Gasteiger partial charge in [-0.15, -0.1) is 9.24 Å². The largest absolute Gasteiger partial charge is 0.449 e. The van der Waals surface area contributed by atoms with Crippen LogP contribution in [0.2, 0.25) is 0 Å².